The fraction of sp³-hybridized carbons (Fsp3) is 0.278. The van der Waals surface area contributed by atoms with Gasteiger partial charge in [0.1, 0.15) is 5.82 Å². The summed E-state index contributed by atoms with van der Waals surface area (Å²) in [5, 5.41) is 0.346. The Morgan fingerprint density at radius 2 is 2.12 bits per heavy atom. The van der Waals surface area contributed by atoms with Crippen LogP contribution in [0.2, 0.25) is 0 Å². The fourth-order valence-electron chi connectivity index (χ4n) is 3.11. The van der Waals surface area contributed by atoms with Crippen LogP contribution in [0, 0.1) is 0 Å². The van der Waals surface area contributed by atoms with Crippen molar-refractivity contribution in [3.63, 3.8) is 0 Å². The summed E-state index contributed by atoms with van der Waals surface area (Å²) in [5.41, 5.74) is 8.25. The molecule has 1 aromatic carbocycles. The number of H-pyrrole nitrogens is 1. The number of aromatic amines is 1. The van der Waals surface area contributed by atoms with E-state index in [9.17, 15) is 9.59 Å². The molecule has 25 heavy (non-hydrogen) atoms. The van der Waals surface area contributed by atoms with E-state index in [0.29, 0.717) is 5.16 Å². The van der Waals surface area contributed by atoms with Crippen LogP contribution < -0.4 is 16.2 Å². The van der Waals surface area contributed by atoms with Crippen molar-refractivity contribution in [2.24, 2.45) is 0 Å². The van der Waals surface area contributed by atoms with Crippen LogP contribution in [0.25, 0.3) is 0 Å². The lowest BCUT2D eigenvalue weighted by molar-refractivity contribution is -0.112. The molecule has 1 aliphatic rings. The summed E-state index contributed by atoms with van der Waals surface area (Å²) in [6, 6.07) is 9.36. The fourth-order valence-corrected chi connectivity index (χ4v) is 3.82. The van der Waals surface area contributed by atoms with Crippen molar-refractivity contribution in [3.05, 3.63) is 58.0 Å². The van der Waals surface area contributed by atoms with Crippen LogP contribution in [0.5, 0.6) is 0 Å². The quantitative estimate of drug-likeness (QED) is 0.496. The molecule has 0 radical (unpaired) electrons. The summed E-state index contributed by atoms with van der Waals surface area (Å²) in [7, 11) is 1.97. The Hall–Kier alpha value is -2.54. The molecule has 130 valence electrons. The third-order valence-corrected chi connectivity index (χ3v) is 5.22. The molecule has 3 N–H and O–H groups in total. The number of hydrogen-bond acceptors (Lipinski definition) is 6. The zero-order valence-corrected chi connectivity index (χ0v) is 15.2. The average molecular weight is 356 g/mol. The summed E-state index contributed by atoms with van der Waals surface area (Å²) >= 11 is 1.17. The number of nitrogens with two attached hydrogens (primary N) is 1. The Bertz CT molecular complexity index is 917. The summed E-state index contributed by atoms with van der Waals surface area (Å²) < 4.78 is 0. The van der Waals surface area contributed by atoms with Gasteiger partial charge in [-0.15, -0.1) is 0 Å². The van der Waals surface area contributed by atoms with Crippen LogP contribution in [-0.4, -0.2) is 28.6 Å². The first-order valence-corrected chi connectivity index (χ1v) is 8.85. The van der Waals surface area contributed by atoms with E-state index in [-0.39, 0.29) is 28.3 Å². The number of thioether (sulfide) groups is 1. The van der Waals surface area contributed by atoms with Gasteiger partial charge < -0.3 is 15.6 Å². The smallest absolute Gasteiger partial charge is 0.253 e. The van der Waals surface area contributed by atoms with E-state index in [1.54, 1.807) is 6.08 Å². The van der Waals surface area contributed by atoms with Gasteiger partial charge in [0.2, 0.25) is 0 Å². The predicted octanol–water partition coefficient (Wildman–Crippen LogP) is 2.32. The second kappa shape index (κ2) is 6.40. The predicted molar refractivity (Wildman–Crippen MR) is 101 cm³/mol. The van der Waals surface area contributed by atoms with Gasteiger partial charge in [0.25, 0.3) is 5.56 Å². The molecule has 0 spiro atoms. The number of likely N-dealkylation sites (N-methyl/N-ethyl adjacent to an activating group) is 1. The van der Waals surface area contributed by atoms with Crippen LogP contribution in [0.4, 0.5) is 11.5 Å². The molecule has 7 heteroatoms. The normalized spacial score (nSPS) is 16.9. The molecular weight excluding hydrogens is 336 g/mol. The third kappa shape index (κ3) is 3.32. The highest BCUT2D eigenvalue weighted by molar-refractivity contribution is 7.99. The van der Waals surface area contributed by atoms with E-state index in [1.165, 1.54) is 23.4 Å². The van der Waals surface area contributed by atoms with Crippen LogP contribution in [0.3, 0.4) is 0 Å². The van der Waals surface area contributed by atoms with Crippen LogP contribution in [-0.2, 0) is 10.2 Å². The van der Waals surface area contributed by atoms with Crippen molar-refractivity contribution in [2.75, 3.05) is 23.4 Å². The van der Waals surface area contributed by atoms with Gasteiger partial charge in [0.05, 0.1) is 5.75 Å². The lowest BCUT2D eigenvalue weighted by Gasteiger charge is -2.23. The van der Waals surface area contributed by atoms with E-state index in [0.717, 1.165) is 11.4 Å². The number of nitrogens with one attached hydrogen (secondary N) is 1. The SMILES string of the molecule is CN1C(=CC(=O)CSc2nc(N)cc(=O)[nH]2)C(C)(C)c2ccccc21. The minimum atomic E-state index is -0.326. The molecule has 0 saturated carbocycles. The van der Waals surface area contributed by atoms with Gasteiger partial charge in [-0.3, -0.25) is 9.59 Å². The first kappa shape index (κ1) is 17.3. The molecule has 0 aliphatic carbocycles. The second-order valence-corrected chi connectivity index (χ2v) is 7.43. The number of hydrogen-bond donors (Lipinski definition) is 2. The van der Waals surface area contributed by atoms with Crippen LogP contribution in [0.1, 0.15) is 19.4 Å². The number of fused-ring (bicyclic) bond motifs is 1. The second-order valence-electron chi connectivity index (χ2n) is 6.46. The third-order valence-electron chi connectivity index (χ3n) is 4.33. The van der Waals surface area contributed by atoms with Crippen LogP contribution >= 0.6 is 11.8 Å². The maximum atomic E-state index is 12.5. The maximum absolute atomic E-state index is 12.5. The van der Waals surface area contributed by atoms with Crippen molar-refractivity contribution in [1.82, 2.24) is 9.97 Å². The molecular formula is C18H20N4O2S. The molecule has 6 nitrogen and oxygen atoms in total. The first-order valence-electron chi connectivity index (χ1n) is 7.87. The summed E-state index contributed by atoms with van der Waals surface area (Å²) in [4.78, 5) is 32.5. The number of benzene rings is 1. The number of allylic oxidation sites excluding steroid dienone is 2. The molecule has 1 aliphatic heterocycles. The molecule has 0 amide bonds. The Kier molecular flexibility index (Phi) is 4.43. The zero-order chi connectivity index (χ0) is 18.2. The maximum Gasteiger partial charge on any atom is 0.253 e. The Balaban J connectivity index is 1.79. The van der Waals surface area contributed by atoms with Gasteiger partial charge in [-0.05, 0) is 11.6 Å². The van der Waals surface area contributed by atoms with E-state index >= 15 is 0 Å². The highest BCUT2D eigenvalue weighted by Crippen LogP contribution is 2.46. The van der Waals surface area contributed by atoms with Crippen molar-refractivity contribution in [2.45, 2.75) is 24.4 Å². The van der Waals surface area contributed by atoms with Gasteiger partial charge in [0.15, 0.2) is 10.9 Å². The number of ketones is 1. The van der Waals surface area contributed by atoms with E-state index in [4.69, 9.17) is 5.73 Å². The van der Waals surface area contributed by atoms with E-state index < -0.39 is 0 Å². The largest absolute Gasteiger partial charge is 0.383 e. The lowest BCUT2D eigenvalue weighted by Crippen LogP contribution is -2.24. The van der Waals surface area contributed by atoms with Crippen LogP contribution in [0.15, 0.2) is 52.1 Å². The van der Waals surface area contributed by atoms with Gasteiger partial charge in [-0.1, -0.05) is 43.8 Å². The van der Waals surface area contributed by atoms with Crippen molar-refractivity contribution >= 4 is 29.1 Å². The minimum absolute atomic E-state index is 0.0437. The van der Waals surface area contributed by atoms with E-state index in [2.05, 4.69) is 40.8 Å². The monoisotopic (exact) mass is 356 g/mol. The molecule has 0 fully saturated rings. The number of aromatic nitrogens is 2. The number of anilines is 2. The molecule has 0 atom stereocenters. The molecule has 0 bridgehead atoms. The number of nitrogen functional groups attached to an aromatic ring is 1. The molecule has 0 unspecified atom stereocenters. The molecule has 0 saturated heterocycles. The Morgan fingerprint density at radius 1 is 1.40 bits per heavy atom. The van der Waals surface area contributed by atoms with Gasteiger partial charge in [-0.2, -0.15) is 0 Å². The highest BCUT2D eigenvalue weighted by atomic mass is 32.2. The van der Waals surface area contributed by atoms with Gasteiger partial charge in [-0.25, -0.2) is 4.98 Å². The average Bonchev–Trinajstić information content (AvgIpc) is 2.74. The number of nitrogens with zero attached hydrogens (tertiary/aromatic N) is 2. The molecule has 2 aromatic rings. The van der Waals surface area contributed by atoms with Crippen molar-refractivity contribution in [3.8, 4) is 0 Å². The Morgan fingerprint density at radius 3 is 2.80 bits per heavy atom. The standard InChI is InChI=1S/C18H20N4O2S/c1-18(2)12-6-4-5-7-13(12)22(3)14(18)8-11(23)10-25-17-20-15(19)9-16(24)21-17/h4-9H,10H2,1-3H3,(H3,19,20,21,24). The summed E-state index contributed by atoms with van der Waals surface area (Å²) in [5.74, 6) is 0.276. The first-order chi connectivity index (χ1) is 11.8. The number of rotatable bonds is 4. The minimum Gasteiger partial charge on any atom is -0.383 e. The number of carbonyl (C=O) groups is 1. The summed E-state index contributed by atoms with van der Waals surface area (Å²) in [6.07, 6.45) is 1.68. The lowest BCUT2D eigenvalue weighted by atomic mass is 9.83. The number of para-hydroxylation sites is 1. The Labute approximate surface area is 150 Å². The van der Waals surface area contributed by atoms with Gasteiger partial charge in [0, 0.05) is 36.0 Å². The molecule has 2 heterocycles. The molecule has 3 rings (SSSR count). The zero-order valence-electron chi connectivity index (χ0n) is 14.4. The highest BCUT2D eigenvalue weighted by Gasteiger charge is 2.38. The molecule has 1 aromatic heterocycles. The van der Waals surface area contributed by atoms with Crippen molar-refractivity contribution in [1.29, 1.82) is 0 Å². The van der Waals surface area contributed by atoms with Gasteiger partial charge >= 0.3 is 0 Å². The summed E-state index contributed by atoms with van der Waals surface area (Å²) in [6.45, 7) is 4.22. The number of carbonyl (C=O) groups excluding carboxylic acids is 1. The topological polar surface area (TPSA) is 92.1 Å². The van der Waals surface area contributed by atoms with Crippen molar-refractivity contribution < 1.29 is 4.79 Å². The van der Waals surface area contributed by atoms with E-state index in [1.807, 2.05) is 19.2 Å².